The molecular weight excluding hydrogens is 296 g/mol. The number of benzene rings is 1. The molecule has 18 heavy (non-hydrogen) atoms. The Bertz CT molecular complexity index is 616. The van der Waals surface area contributed by atoms with Gasteiger partial charge in [-0.05, 0) is 47.4 Å². The molecule has 0 bridgehead atoms. The van der Waals surface area contributed by atoms with E-state index in [0.717, 1.165) is 29.4 Å². The van der Waals surface area contributed by atoms with Gasteiger partial charge in [-0.25, -0.2) is 4.68 Å². The number of fused-ring (bicyclic) bond motifs is 1. The molecule has 2 heterocycles. The fraction of sp³-hybridized carbons (Fsp3) is 0.333. The first-order chi connectivity index (χ1) is 8.68. The van der Waals surface area contributed by atoms with Gasteiger partial charge in [-0.3, -0.25) is 10.1 Å². The van der Waals surface area contributed by atoms with Crippen molar-refractivity contribution in [1.82, 2.24) is 15.1 Å². The van der Waals surface area contributed by atoms with Crippen LogP contribution in [0.15, 0.2) is 22.8 Å². The first-order valence-corrected chi connectivity index (χ1v) is 6.67. The molecule has 1 aliphatic heterocycles. The minimum Gasteiger partial charge on any atom is -0.366 e. The van der Waals surface area contributed by atoms with E-state index in [-0.39, 0.29) is 6.17 Å². The number of rotatable bonds is 2. The number of aromatic nitrogens is 2. The summed E-state index contributed by atoms with van der Waals surface area (Å²) < 4.78 is 2.78. The van der Waals surface area contributed by atoms with Crippen LogP contribution in [0, 0.1) is 0 Å². The lowest BCUT2D eigenvalue weighted by atomic mass is 10.1. The number of nitrogens with one attached hydrogen (secondary N) is 1. The largest absolute Gasteiger partial charge is 0.366 e. The molecule has 0 radical (unpaired) electrons. The van der Waals surface area contributed by atoms with E-state index in [2.05, 4.69) is 26.3 Å². The van der Waals surface area contributed by atoms with Crippen LogP contribution in [0.2, 0.25) is 0 Å². The quantitative estimate of drug-likeness (QED) is 0.888. The van der Waals surface area contributed by atoms with Crippen LogP contribution < -0.4 is 11.1 Å². The second-order valence-corrected chi connectivity index (χ2v) is 5.16. The third-order valence-electron chi connectivity index (χ3n) is 3.26. The second-order valence-electron chi connectivity index (χ2n) is 4.41. The number of carbonyl (C=O) groups is 1. The monoisotopic (exact) mass is 308 g/mol. The van der Waals surface area contributed by atoms with E-state index in [0.29, 0.717) is 11.1 Å². The Balaban J connectivity index is 2.20. The molecule has 94 valence electrons. The van der Waals surface area contributed by atoms with Crippen LogP contribution in [-0.4, -0.2) is 22.2 Å². The maximum atomic E-state index is 11.4. The van der Waals surface area contributed by atoms with Crippen molar-refractivity contribution < 1.29 is 4.79 Å². The highest BCUT2D eigenvalue weighted by Crippen LogP contribution is 2.30. The lowest BCUT2D eigenvalue weighted by molar-refractivity contribution is 0.100. The van der Waals surface area contributed by atoms with E-state index in [1.54, 1.807) is 6.07 Å². The van der Waals surface area contributed by atoms with Gasteiger partial charge >= 0.3 is 0 Å². The van der Waals surface area contributed by atoms with Gasteiger partial charge in [0.05, 0.1) is 5.56 Å². The van der Waals surface area contributed by atoms with Gasteiger partial charge in [-0.15, -0.1) is 0 Å². The topological polar surface area (TPSA) is 72.9 Å². The number of hydrogen-bond donors (Lipinski definition) is 2. The summed E-state index contributed by atoms with van der Waals surface area (Å²) in [6, 6.07) is 5.46. The number of nitrogens with two attached hydrogens (primary N) is 1. The van der Waals surface area contributed by atoms with Crippen molar-refractivity contribution in [2.24, 2.45) is 5.73 Å². The van der Waals surface area contributed by atoms with Crippen molar-refractivity contribution in [3.63, 3.8) is 0 Å². The van der Waals surface area contributed by atoms with Gasteiger partial charge in [-0.2, -0.15) is 5.10 Å². The molecule has 1 atom stereocenters. The highest BCUT2D eigenvalue weighted by atomic mass is 79.9. The average Bonchev–Trinajstić information content (AvgIpc) is 2.97. The summed E-state index contributed by atoms with van der Waals surface area (Å²) in [5.41, 5.74) is 6.49. The van der Waals surface area contributed by atoms with Gasteiger partial charge in [-0.1, -0.05) is 6.07 Å². The lowest BCUT2D eigenvalue weighted by Crippen LogP contribution is -2.21. The average molecular weight is 309 g/mol. The van der Waals surface area contributed by atoms with Crippen LogP contribution >= 0.6 is 15.9 Å². The van der Waals surface area contributed by atoms with E-state index in [1.807, 2.05) is 16.8 Å². The summed E-state index contributed by atoms with van der Waals surface area (Å²) in [7, 11) is 0. The molecule has 1 fully saturated rings. The predicted molar refractivity (Wildman–Crippen MR) is 72.2 cm³/mol. The van der Waals surface area contributed by atoms with Crippen LogP contribution in [0.5, 0.6) is 0 Å². The molecule has 1 saturated heterocycles. The minimum atomic E-state index is -0.447. The highest BCUT2D eigenvalue weighted by Gasteiger charge is 2.22. The zero-order valence-electron chi connectivity index (χ0n) is 9.69. The van der Waals surface area contributed by atoms with Crippen LogP contribution in [0.25, 0.3) is 10.9 Å². The Kier molecular flexibility index (Phi) is 2.83. The molecule has 2 aromatic rings. The molecule has 1 amide bonds. The summed E-state index contributed by atoms with van der Waals surface area (Å²) in [6.45, 7) is 0.996. The molecular formula is C12H13BrN4O. The van der Waals surface area contributed by atoms with E-state index in [1.165, 1.54) is 0 Å². The Morgan fingerprint density at radius 1 is 1.56 bits per heavy atom. The molecule has 0 spiro atoms. The molecule has 1 aromatic heterocycles. The van der Waals surface area contributed by atoms with Gasteiger partial charge in [0.1, 0.15) is 16.3 Å². The van der Waals surface area contributed by atoms with Crippen molar-refractivity contribution in [2.45, 2.75) is 19.0 Å². The van der Waals surface area contributed by atoms with E-state index < -0.39 is 5.91 Å². The molecule has 3 rings (SSSR count). The summed E-state index contributed by atoms with van der Waals surface area (Å²) in [6.07, 6.45) is 2.36. The molecule has 5 nitrogen and oxygen atoms in total. The molecule has 1 aromatic carbocycles. The fourth-order valence-electron chi connectivity index (χ4n) is 2.37. The number of amides is 1. The highest BCUT2D eigenvalue weighted by molar-refractivity contribution is 9.10. The molecule has 1 unspecified atom stereocenters. The second kappa shape index (κ2) is 4.37. The number of hydrogen-bond acceptors (Lipinski definition) is 3. The third-order valence-corrected chi connectivity index (χ3v) is 4.05. The summed E-state index contributed by atoms with van der Waals surface area (Å²) in [4.78, 5) is 11.4. The van der Waals surface area contributed by atoms with Gasteiger partial charge in [0.2, 0.25) is 0 Å². The number of primary amides is 1. The van der Waals surface area contributed by atoms with Gasteiger partial charge in [0.25, 0.3) is 5.91 Å². The van der Waals surface area contributed by atoms with E-state index >= 15 is 0 Å². The van der Waals surface area contributed by atoms with Crippen molar-refractivity contribution in [2.75, 3.05) is 6.54 Å². The predicted octanol–water partition coefficient (Wildman–Crippen LogP) is 1.78. The van der Waals surface area contributed by atoms with Gasteiger partial charge < -0.3 is 5.73 Å². The van der Waals surface area contributed by atoms with Crippen LogP contribution in [0.4, 0.5) is 0 Å². The third kappa shape index (κ3) is 1.72. The normalized spacial score (nSPS) is 19.5. The number of halogens is 1. The standard InChI is InChI=1S/C12H13BrN4O/c13-11-7-3-1-4-8(12(14)18)10(7)16-17(11)9-5-2-6-15-9/h1,3-4,9,15H,2,5-6H2,(H2,14,18). The van der Waals surface area contributed by atoms with Crippen molar-refractivity contribution >= 4 is 32.7 Å². The van der Waals surface area contributed by atoms with Gasteiger partial charge in [0, 0.05) is 5.39 Å². The van der Waals surface area contributed by atoms with Crippen molar-refractivity contribution in [1.29, 1.82) is 0 Å². The Morgan fingerprint density at radius 3 is 3.06 bits per heavy atom. The maximum Gasteiger partial charge on any atom is 0.250 e. The first kappa shape index (κ1) is 11.7. The number of nitrogens with zero attached hydrogens (tertiary/aromatic N) is 2. The Labute approximate surface area is 112 Å². The maximum absolute atomic E-state index is 11.4. The Hall–Kier alpha value is -1.40. The molecule has 0 aliphatic carbocycles. The molecule has 6 heteroatoms. The van der Waals surface area contributed by atoms with Crippen molar-refractivity contribution in [3.05, 3.63) is 28.4 Å². The Morgan fingerprint density at radius 2 is 2.39 bits per heavy atom. The van der Waals surface area contributed by atoms with Crippen LogP contribution in [0.3, 0.4) is 0 Å². The number of carbonyl (C=O) groups excluding carboxylic acids is 1. The van der Waals surface area contributed by atoms with E-state index in [9.17, 15) is 4.79 Å². The fourth-order valence-corrected chi connectivity index (χ4v) is 3.02. The molecule has 1 aliphatic rings. The molecule has 0 saturated carbocycles. The first-order valence-electron chi connectivity index (χ1n) is 5.88. The van der Waals surface area contributed by atoms with Crippen molar-refractivity contribution in [3.8, 4) is 0 Å². The van der Waals surface area contributed by atoms with Gasteiger partial charge in [0.15, 0.2) is 0 Å². The summed E-state index contributed by atoms with van der Waals surface area (Å²) in [5, 5.41) is 8.82. The zero-order valence-corrected chi connectivity index (χ0v) is 11.3. The molecule has 3 N–H and O–H groups in total. The minimum absolute atomic E-state index is 0.188. The SMILES string of the molecule is NC(=O)c1cccc2c(Br)n(C3CCCN3)nc12. The lowest BCUT2D eigenvalue weighted by Gasteiger charge is -2.11. The smallest absolute Gasteiger partial charge is 0.250 e. The summed E-state index contributed by atoms with van der Waals surface area (Å²) in [5.74, 6) is -0.447. The van der Waals surface area contributed by atoms with Crippen LogP contribution in [0.1, 0.15) is 29.4 Å². The van der Waals surface area contributed by atoms with Crippen LogP contribution in [-0.2, 0) is 0 Å². The van der Waals surface area contributed by atoms with E-state index in [4.69, 9.17) is 5.73 Å². The summed E-state index contributed by atoms with van der Waals surface area (Å²) >= 11 is 3.55. The zero-order chi connectivity index (χ0) is 12.7.